The smallest absolute Gasteiger partial charge is 0.255 e. The summed E-state index contributed by atoms with van der Waals surface area (Å²) in [5.41, 5.74) is 16.5. The summed E-state index contributed by atoms with van der Waals surface area (Å²) >= 11 is 4.54. The van der Waals surface area contributed by atoms with Crippen molar-refractivity contribution in [2.75, 3.05) is 0 Å². The number of thiocarbonyl (C=S) groups is 1. The molecule has 0 aliphatic heterocycles. The lowest BCUT2D eigenvalue weighted by atomic mass is 10.1. The van der Waals surface area contributed by atoms with Gasteiger partial charge in [-0.05, 0) is 24.2 Å². The summed E-state index contributed by atoms with van der Waals surface area (Å²) in [6, 6.07) is 8.89. The molecule has 1 aromatic carbocycles. The average molecular weight is 238 g/mol. The Morgan fingerprint density at radius 1 is 1.31 bits per heavy atom. The third-order valence-electron chi connectivity index (χ3n) is 1.94. The second-order valence-corrected chi connectivity index (χ2v) is 3.71. The van der Waals surface area contributed by atoms with E-state index in [0.717, 1.165) is 5.56 Å². The third kappa shape index (κ3) is 4.24. The van der Waals surface area contributed by atoms with E-state index in [2.05, 4.69) is 23.1 Å². The van der Waals surface area contributed by atoms with Crippen LogP contribution in [0.5, 0.6) is 0 Å². The Morgan fingerprint density at radius 2 is 1.94 bits per heavy atom. The van der Waals surface area contributed by atoms with Crippen molar-refractivity contribution < 1.29 is 4.79 Å². The molecule has 0 unspecified atom stereocenters. The Hall–Kier alpha value is -1.66. The SMILES string of the molecule is NC(=S)NNC(=O)[C@@H](N)Cc1ccccc1. The first-order valence-corrected chi connectivity index (χ1v) is 5.15. The van der Waals surface area contributed by atoms with Gasteiger partial charge in [-0.3, -0.25) is 15.6 Å². The number of hydrogen-bond acceptors (Lipinski definition) is 3. The molecule has 16 heavy (non-hydrogen) atoms. The molecule has 86 valence electrons. The summed E-state index contributed by atoms with van der Waals surface area (Å²) in [5, 5.41) is 0.000242. The Balaban J connectivity index is 2.43. The summed E-state index contributed by atoms with van der Waals surface area (Å²) in [6.45, 7) is 0. The van der Waals surface area contributed by atoms with Gasteiger partial charge in [-0.1, -0.05) is 30.3 Å². The maximum absolute atomic E-state index is 11.4. The Morgan fingerprint density at radius 3 is 2.50 bits per heavy atom. The van der Waals surface area contributed by atoms with Gasteiger partial charge in [0.25, 0.3) is 5.91 Å². The van der Waals surface area contributed by atoms with Gasteiger partial charge in [0.1, 0.15) is 0 Å². The second-order valence-electron chi connectivity index (χ2n) is 3.27. The maximum Gasteiger partial charge on any atom is 0.255 e. The summed E-state index contributed by atoms with van der Waals surface area (Å²) in [6.07, 6.45) is 0.464. The van der Waals surface area contributed by atoms with Crippen LogP contribution >= 0.6 is 12.2 Å². The molecule has 0 fully saturated rings. The summed E-state index contributed by atoms with van der Waals surface area (Å²) in [5.74, 6) is -0.350. The zero-order valence-electron chi connectivity index (χ0n) is 8.64. The van der Waals surface area contributed by atoms with Crippen LogP contribution in [0.3, 0.4) is 0 Å². The molecule has 1 atom stereocenters. The molecule has 0 saturated heterocycles. The molecule has 0 aliphatic rings. The van der Waals surface area contributed by atoms with Gasteiger partial charge in [0.15, 0.2) is 5.11 Å². The lowest BCUT2D eigenvalue weighted by Crippen LogP contribution is -2.51. The number of carbonyl (C=O) groups is 1. The summed E-state index contributed by atoms with van der Waals surface area (Å²) in [4.78, 5) is 11.4. The first kappa shape index (κ1) is 12.4. The molecule has 0 saturated carbocycles. The topological polar surface area (TPSA) is 93.2 Å². The van der Waals surface area contributed by atoms with E-state index in [1.807, 2.05) is 30.3 Å². The molecule has 0 spiro atoms. The Kier molecular flexibility index (Phi) is 4.68. The second kappa shape index (κ2) is 6.04. The first-order chi connectivity index (χ1) is 7.59. The molecule has 5 nitrogen and oxygen atoms in total. The standard InChI is InChI=1S/C10H14N4OS/c11-8(9(15)13-14-10(12)16)6-7-4-2-1-3-5-7/h1-5,8H,6,11H2,(H,13,15)(H3,12,14,16)/t8-/m0/s1. The van der Waals surface area contributed by atoms with Gasteiger partial charge in [-0.25, -0.2) is 0 Å². The zero-order valence-corrected chi connectivity index (χ0v) is 9.46. The van der Waals surface area contributed by atoms with E-state index in [4.69, 9.17) is 11.5 Å². The fraction of sp³-hybridized carbons (Fsp3) is 0.200. The summed E-state index contributed by atoms with van der Waals surface area (Å²) in [7, 11) is 0. The molecule has 6 heteroatoms. The van der Waals surface area contributed by atoms with E-state index in [0.29, 0.717) is 6.42 Å². The van der Waals surface area contributed by atoms with Crippen molar-refractivity contribution in [1.82, 2.24) is 10.9 Å². The van der Waals surface area contributed by atoms with Gasteiger partial charge in [-0.15, -0.1) is 0 Å². The molecule has 1 amide bonds. The molecule has 0 aromatic heterocycles. The van der Waals surface area contributed by atoms with Crippen LogP contribution in [0.4, 0.5) is 0 Å². The number of hydrazine groups is 1. The van der Waals surface area contributed by atoms with Crippen LogP contribution in [-0.4, -0.2) is 17.1 Å². The molecular weight excluding hydrogens is 224 g/mol. The maximum atomic E-state index is 11.4. The van der Waals surface area contributed by atoms with E-state index in [1.165, 1.54) is 0 Å². The third-order valence-corrected chi connectivity index (χ3v) is 2.05. The number of rotatable bonds is 3. The highest BCUT2D eigenvalue weighted by molar-refractivity contribution is 7.80. The first-order valence-electron chi connectivity index (χ1n) is 4.74. The van der Waals surface area contributed by atoms with Crippen molar-refractivity contribution in [3.8, 4) is 0 Å². The number of benzene rings is 1. The quantitative estimate of drug-likeness (QED) is 0.418. The molecule has 0 aliphatic carbocycles. The minimum atomic E-state index is -0.635. The number of amides is 1. The van der Waals surface area contributed by atoms with Gasteiger partial charge < -0.3 is 11.5 Å². The highest BCUT2D eigenvalue weighted by atomic mass is 32.1. The molecule has 0 radical (unpaired) electrons. The number of hydrogen-bond donors (Lipinski definition) is 4. The van der Waals surface area contributed by atoms with Gasteiger partial charge in [0.2, 0.25) is 0 Å². The molecule has 6 N–H and O–H groups in total. The van der Waals surface area contributed by atoms with Crippen molar-refractivity contribution in [1.29, 1.82) is 0 Å². The van der Waals surface area contributed by atoms with E-state index in [1.54, 1.807) is 0 Å². The minimum absolute atomic E-state index is 0.000242. The van der Waals surface area contributed by atoms with Crippen LogP contribution in [0.1, 0.15) is 5.56 Å². The fourth-order valence-electron chi connectivity index (χ4n) is 1.18. The highest BCUT2D eigenvalue weighted by Crippen LogP contribution is 2.01. The Bertz CT molecular complexity index is 368. The number of nitrogens with two attached hydrogens (primary N) is 2. The van der Waals surface area contributed by atoms with Crippen LogP contribution in [0.15, 0.2) is 30.3 Å². The largest absolute Gasteiger partial charge is 0.375 e. The van der Waals surface area contributed by atoms with Crippen molar-refractivity contribution in [2.24, 2.45) is 11.5 Å². The minimum Gasteiger partial charge on any atom is -0.375 e. The van der Waals surface area contributed by atoms with E-state index in [9.17, 15) is 4.79 Å². The van der Waals surface area contributed by atoms with Crippen LogP contribution in [-0.2, 0) is 11.2 Å². The van der Waals surface area contributed by atoms with Crippen LogP contribution in [0, 0.1) is 0 Å². The van der Waals surface area contributed by atoms with Gasteiger partial charge in [0.05, 0.1) is 6.04 Å². The van der Waals surface area contributed by atoms with Gasteiger partial charge >= 0.3 is 0 Å². The highest BCUT2D eigenvalue weighted by Gasteiger charge is 2.13. The average Bonchev–Trinajstić information content (AvgIpc) is 2.27. The van der Waals surface area contributed by atoms with E-state index in [-0.39, 0.29) is 11.0 Å². The lowest BCUT2D eigenvalue weighted by molar-refractivity contribution is -0.122. The fourth-order valence-corrected chi connectivity index (χ4v) is 1.23. The van der Waals surface area contributed by atoms with Crippen LogP contribution in [0.25, 0.3) is 0 Å². The predicted octanol–water partition coefficient (Wildman–Crippen LogP) is -0.579. The Labute approximate surface area is 99.2 Å². The van der Waals surface area contributed by atoms with Crippen LogP contribution < -0.4 is 22.3 Å². The van der Waals surface area contributed by atoms with Crippen LogP contribution in [0.2, 0.25) is 0 Å². The monoisotopic (exact) mass is 238 g/mol. The molecule has 0 heterocycles. The summed E-state index contributed by atoms with van der Waals surface area (Å²) < 4.78 is 0. The lowest BCUT2D eigenvalue weighted by Gasteiger charge is -2.12. The van der Waals surface area contributed by atoms with Crippen molar-refractivity contribution >= 4 is 23.2 Å². The van der Waals surface area contributed by atoms with Crippen molar-refractivity contribution in [3.63, 3.8) is 0 Å². The molecule has 1 rings (SSSR count). The van der Waals surface area contributed by atoms with Crippen molar-refractivity contribution in [2.45, 2.75) is 12.5 Å². The van der Waals surface area contributed by atoms with E-state index >= 15 is 0 Å². The van der Waals surface area contributed by atoms with Crippen molar-refractivity contribution in [3.05, 3.63) is 35.9 Å². The van der Waals surface area contributed by atoms with E-state index < -0.39 is 6.04 Å². The molecule has 0 bridgehead atoms. The molecule has 1 aromatic rings. The van der Waals surface area contributed by atoms with Gasteiger partial charge in [-0.2, -0.15) is 0 Å². The normalized spacial score (nSPS) is 11.6. The predicted molar refractivity (Wildman–Crippen MR) is 66.2 cm³/mol. The molecular formula is C10H14N4OS. The van der Waals surface area contributed by atoms with Gasteiger partial charge in [0, 0.05) is 0 Å². The zero-order chi connectivity index (χ0) is 12.0. The number of nitrogens with one attached hydrogen (secondary N) is 2. The number of carbonyl (C=O) groups excluding carboxylic acids is 1.